The molecule has 4 nitrogen and oxygen atoms in total. The third-order valence-corrected chi connectivity index (χ3v) is 4.37. The van der Waals surface area contributed by atoms with E-state index in [0.717, 1.165) is 17.9 Å². The summed E-state index contributed by atoms with van der Waals surface area (Å²) in [5.74, 6) is 1.51. The molecule has 2 aromatic rings. The molecule has 1 fully saturated rings. The van der Waals surface area contributed by atoms with Gasteiger partial charge in [0, 0.05) is 24.0 Å². The molecule has 0 bridgehead atoms. The lowest BCUT2D eigenvalue weighted by atomic mass is 9.79. The molecule has 0 amide bonds. The standard InChI is InChI=1S/C21H24O4/c1-21(2,16-4-8-18(9-5-16)23-13-3-12-22)17-6-10-19(11-7-17)24-14-20-15-25-20/h4-6,8-10,20,22H,3,12-15H2,1-2H3. The summed E-state index contributed by atoms with van der Waals surface area (Å²) in [6.45, 7) is 6.35. The van der Waals surface area contributed by atoms with Gasteiger partial charge in [0.05, 0.1) is 13.2 Å². The summed E-state index contributed by atoms with van der Waals surface area (Å²) >= 11 is 0. The van der Waals surface area contributed by atoms with Gasteiger partial charge >= 0.3 is 0 Å². The molecule has 0 saturated carbocycles. The van der Waals surface area contributed by atoms with Gasteiger partial charge in [0.1, 0.15) is 18.5 Å². The molecule has 1 aliphatic heterocycles. The summed E-state index contributed by atoms with van der Waals surface area (Å²) < 4.78 is 16.3. The maximum absolute atomic E-state index is 8.80. The quantitative estimate of drug-likeness (QED) is 0.563. The summed E-state index contributed by atoms with van der Waals surface area (Å²) in [6.07, 6.45) is 0.877. The van der Waals surface area contributed by atoms with Crippen LogP contribution in [0.1, 0.15) is 31.4 Å². The average Bonchev–Trinajstić information content (AvgIpc) is 3.45. The Labute approximate surface area is 149 Å². The highest BCUT2D eigenvalue weighted by Gasteiger charge is 2.24. The van der Waals surface area contributed by atoms with E-state index in [2.05, 4.69) is 38.1 Å². The number of benzene rings is 1. The van der Waals surface area contributed by atoms with E-state index in [1.807, 2.05) is 24.3 Å². The molecule has 1 atom stereocenters. The summed E-state index contributed by atoms with van der Waals surface area (Å²) in [7, 11) is 0. The zero-order chi connectivity index (χ0) is 17.7. The second-order valence-corrected chi connectivity index (χ2v) is 6.70. The van der Waals surface area contributed by atoms with E-state index in [-0.39, 0.29) is 18.1 Å². The number of aliphatic hydroxyl groups is 1. The smallest absolute Gasteiger partial charge is 0.170 e. The van der Waals surface area contributed by atoms with E-state index in [1.165, 1.54) is 5.56 Å². The van der Waals surface area contributed by atoms with E-state index in [0.29, 0.717) is 25.4 Å². The van der Waals surface area contributed by atoms with Crippen LogP contribution in [0.25, 0.3) is 0 Å². The van der Waals surface area contributed by atoms with E-state index >= 15 is 0 Å². The predicted octanol–water partition coefficient (Wildman–Crippen LogP) is 3.15. The van der Waals surface area contributed by atoms with Crippen LogP contribution >= 0.6 is 0 Å². The minimum atomic E-state index is -0.196. The molecule has 0 radical (unpaired) electrons. The number of hydrogen-bond acceptors (Lipinski definition) is 4. The summed E-state index contributed by atoms with van der Waals surface area (Å²) in [4.78, 5) is 0. The third-order valence-electron chi connectivity index (χ3n) is 4.37. The normalized spacial score (nSPS) is 16.2. The first-order chi connectivity index (χ1) is 12.1. The van der Waals surface area contributed by atoms with E-state index in [1.54, 1.807) is 0 Å². The van der Waals surface area contributed by atoms with Crippen LogP contribution in [0.15, 0.2) is 36.4 Å². The third kappa shape index (κ3) is 4.66. The monoisotopic (exact) mass is 340 g/mol. The Morgan fingerprint density at radius 3 is 2.48 bits per heavy atom. The highest BCUT2D eigenvalue weighted by atomic mass is 16.6. The van der Waals surface area contributed by atoms with Gasteiger partial charge in [-0.2, -0.15) is 0 Å². The zero-order valence-electron chi connectivity index (χ0n) is 14.7. The van der Waals surface area contributed by atoms with Gasteiger partial charge in [0.15, 0.2) is 5.75 Å². The van der Waals surface area contributed by atoms with Gasteiger partial charge in [0.25, 0.3) is 0 Å². The van der Waals surface area contributed by atoms with Gasteiger partial charge < -0.3 is 19.3 Å². The van der Waals surface area contributed by atoms with Gasteiger partial charge in [-0.3, -0.25) is 0 Å². The molecule has 132 valence electrons. The molecule has 1 saturated heterocycles. The van der Waals surface area contributed by atoms with Gasteiger partial charge in [-0.1, -0.05) is 32.0 Å². The van der Waals surface area contributed by atoms with Crippen molar-refractivity contribution in [1.29, 1.82) is 0 Å². The fourth-order valence-corrected chi connectivity index (χ4v) is 2.54. The van der Waals surface area contributed by atoms with Crippen molar-refractivity contribution >= 4 is 0 Å². The molecular formula is C21H24O4. The van der Waals surface area contributed by atoms with Crippen molar-refractivity contribution in [2.45, 2.75) is 31.8 Å². The Bertz CT molecular complexity index is 657. The number of hydrogen-bond donors (Lipinski definition) is 1. The fraction of sp³-hybridized carbons (Fsp3) is 0.429. The zero-order valence-corrected chi connectivity index (χ0v) is 14.7. The predicted molar refractivity (Wildman–Crippen MR) is 95.1 cm³/mol. The lowest BCUT2D eigenvalue weighted by molar-refractivity contribution is 0.233. The minimum Gasteiger partial charge on any atom is -0.494 e. The average molecular weight is 340 g/mol. The van der Waals surface area contributed by atoms with Crippen molar-refractivity contribution in [1.82, 2.24) is 0 Å². The summed E-state index contributed by atoms with van der Waals surface area (Å²) in [5.41, 5.74) is 2.03. The number of rotatable bonds is 9. The molecule has 1 unspecified atom stereocenters. The van der Waals surface area contributed by atoms with Crippen molar-refractivity contribution in [2.24, 2.45) is 0 Å². The molecule has 1 heterocycles. The number of epoxide rings is 1. The highest BCUT2D eigenvalue weighted by Crippen LogP contribution is 2.32. The molecule has 1 N–H and O–H groups in total. The van der Waals surface area contributed by atoms with Crippen molar-refractivity contribution in [2.75, 3.05) is 26.4 Å². The van der Waals surface area contributed by atoms with Gasteiger partial charge in [0.2, 0.25) is 0 Å². The van der Waals surface area contributed by atoms with Crippen molar-refractivity contribution in [3.05, 3.63) is 59.7 Å². The molecular weight excluding hydrogens is 316 g/mol. The van der Waals surface area contributed by atoms with Crippen molar-refractivity contribution in [3.8, 4) is 11.5 Å². The molecule has 0 aliphatic carbocycles. The van der Waals surface area contributed by atoms with Crippen LogP contribution in [0.2, 0.25) is 0 Å². The van der Waals surface area contributed by atoms with Gasteiger partial charge in [-0.25, -0.2) is 0 Å². The van der Waals surface area contributed by atoms with Crippen LogP contribution in [0, 0.1) is 12.1 Å². The Balaban J connectivity index is 1.64. The van der Waals surface area contributed by atoms with Crippen LogP contribution in [-0.4, -0.2) is 37.6 Å². The molecule has 2 aromatic carbocycles. The molecule has 25 heavy (non-hydrogen) atoms. The Morgan fingerprint density at radius 1 is 1.12 bits per heavy atom. The second kappa shape index (κ2) is 7.77. The van der Waals surface area contributed by atoms with E-state index in [4.69, 9.17) is 19.3 Å². The molecule has 3 rings (SSSR count). The fourth-order valence-electron chi connectivity index (χ4n) is 2.54. The Kier molecular flexibility index (Phi) is 5.47. The topological polar surface area (TPSA) is 51.2 Å². The minimum absolute atomic E-state index is 0.144. The SMILES string of the molecule is CC(C)(c1c#cc(OCC2CO2)cc1)c1ccc(OCCCO)cc1. The number of ether oxygens (including phenoxy) is 3. The van der Waals surface area contributed by atoms with Crippen LogP contribution in [0.4, 0.5) is 0 Å². The molecule has 4 heteroatoms. The van der Waals surface area contributed by atoms with Crippen LogP contribution in [0.3, 0.4) is 0 Å². The largest absolute Gasteiger partial charge is 0.494 e. The summed E-state index contributed by atoms with van der Waals surface area (Å²) in [6, 6.07) is 18.3. The maximum atomic E-state index is 8.80. The van der Waals surface area contributed by atoms with Crippen LogP contribution < -0.4 is 9.47 Å². The lowest BCUT2D eigenvalue weighted by Gasteiger charge is -2.24. The first-order valence-electron chi connectivity index (χ1n) is 8.62. The van der Waals surface area contributed by atoms with Gasteiger partial charge in [-0.15, -0.1) is 0 Å². The first-order valence-corrected chi connectivity index (χ1v) is 8.62. The molecule has 0 aromatic heterocycles. The first kappa shape index (κ1) is 17.6. The molecule has 0 spiro atoms. The van der Waals surface area contributed by atoms with E-state index < -0.39 is 0 Å². The highest BCUT2D eigenvalue weighted by molar-refractivity contribution is 5.39. The van der Waals surface area contributed by atoms with Crippen molar-refractivity contribution in [3.63, 3.8) is 0 Å². The number of aliphatic hydroxyl groups excluding tert-OH is 1. The van der Waals surface area contributed by atoms with Crippen molar-refractivity contribution < 1.29 is 19.3 Å². The van der Waals surface area contributed by atoms with Crippen LogP contribution in [0.5, 0.6) is 11.5 Å². The Morgan fingerprint density at radius 2 is 1.88 bits per heavy atom. The lowest BCUT2D eigenvalue weighted by Crippen LogP contribution is -2.18. The maximum Gasteiger partial charge on any atom is 0.170 e. The van der Waals surface area contributed by atoms with E-state index in [9.17, 15) is 0 Å². The van der Waals surface area contributed by atoms with Gasteiger partial charge in [-0.05, 0) is 35.9 Å². The summed E-state index contributed by atoms with van der Waals surface area (Å²) in [5, 5.41) is 8.80. The Hall–Kier alpha value is -2.22. The second-order valence-electron chi connectivity index (χ2n) is 6.70. The van der Waals surface area contributed by atoms with Crippen LogP contribution in [-0.2, 0) is 10.2 Å². The molecule has 1 aliphatic rings.